The molecule has 19 heavy (non-hydrogen) atoms. The van der Waals surface area contributed by atoms with Crippen LogP contribution >= 0.6 is 11.6 Å². The van der Waals surface area contributed by atoms with Crippen LogP contribution < -0.4 is 4.74 Å². The fraction of sp³-hybridized carbons (Fsp3) is 0.286. The second kappa shape index (κ2) is 5.99. The summed E-state index contributed by atoms with van der Waals surface area (Å²) in [5, 5.41) is 10.8. The van der Waals surface area contributed by atoms with Crippen LogP contribution in [0.25, 0.3) is 0 Å². The van der Waals surface area contributed by atoms with E-state index in [1.807, 2.05) is 19.1 Å². The smallest absolute Gasteiger partial charge is 0.216 e. The van der Waals surface area contributed by atoms with Gasteiger partial charge in [-0.25, -0.2) is 9.97 Å². The molecule has 0 aliphatic heterocycles. The van der Waals surface area contributed by atoms with Crippen molar-refractivity contribution in [3.63, 3.8) is 0 Å². The Morgan fingerprint density at radius 3 is 2.79 bits per heavy atom. The molecule has 1 N–H and O–H groups in total. The molecule has 4 nitrogen and oxygen atoms in total. The normalized spacial score (nSPS) is 12.2. The van der Waals surface area contributed by atoms with E-state index in [1.165, 1.54) is 6.33 Å². The van der Waals surface area contributed by atoms with Crippen LogP contribution in [0.2, 0.25) is 5.02 Å². The predicted molar refractivity (Wildman–Crippen MR) is 73.4 cm³/mol. The summed E-state index contributed by atoms with van der Waals surface area (Å²) >= 11 is 6.05. The van der Waals surface area contributed by atoms with Gasteiger partial charge in [0.15, 0.2) is 0 Å². The average molecular weight is 279 g/mol. The molecular formula is C14H15ClN2O2. The Bertz CT molecular complexity index is 575. The van der Waals surface area contributed by atoms with Crippen molar-refractivity contribution in [1.29, 1.82) is 0 Å². The molecule has 1 heterocycles. The maximum absolute atomic E-state index is 10.2. The predicted octanol–water partition coefficient (Wildman–Crippen LogP) is 2.72. The van der Waals surface area contributed by atoms with E-state index in [0.717, 1.165) is 16.8 Å². The van der Waals surface area contributed by atoms with Crippen molar-refractivity contribution < 1.29 is 9.84 Å². The number of ether oxygens (including phenoxy) is 1. The number of benzene rings is 1. The maximum Gasteiger partial charge on any atom is 0.216 e. The Kier molecular flexibility index (Phi) is 4.35. The van der Waals surface area contributed by atoms with Gasteiger partial charge in [-0.15, -0.1) is 0 Å². The van der Waals surface area contributed by atoms with Crippen LogP contribution in [0.1, 0.15) is 22.9 Å². The minimum Gasteiger partial charge on any atom is -0.481 e. The summed E-state index contributed by atoms with van der Waals surface area (Å²) in [6, 6.07) is 7.24. The van der Waals surface area contributed by atoms with Gasteiger partial charge in [0, 0.05) is 17.5 Å². The van der Waals surface area contributed by atoms with Crippen LogP contribution in [0, 0.1) is 6.92 Å². The fourth-order valence-electron chi connectivity index (χ4n) is 1.73. The topological polar surface area (TPSA) is 55.2 Å². The van der Waals surface area contributed by atoms with Gasteiger partial charge in [0.2, 0.25) is 5.88 Å². The lowest BCUT2D eigenvalue weighted by molar-refractivity contribution is 0.177. The lowest BCUT2D eigenvalue weighted by Crippen LogP contribution is -2.04. The molecule has 1 aromatic carbocycles. The molecule has 0 aliphatic carbocycles. The third-order valence-electron chi connectivity index (χ3n) is 2.89. The number of methoxy groups -OCH3 is 1. The molecule has 0 spiro atoms. The number of hydrogen-bond acceptors (Lipinski definition) is 4. The van der Waals surface area contributed by atoms with Crippen LogP contribution in [0.3, 0.4) is 0 Å². The highest BCUT2D eigenvalue weighted by Gasteiger charge is 2.11. The Balaban J connectivity index is 2.15. The van der Waals surface area contributed by atoms with E-state index < -0.39 is 6.10 Å². The number of aryl methyl sites for hydroxylation is 1. The van der Waals surface area contributed by atoms with Crippen molar-refractivity contribution in [2.24, 2.45) is 0 Å². The molecule has 1 aromatic heterocycles. The van der Waals surface area contributed by atoms with Crippen molar-refractivity contribution in [2.45, 2.75) is 19.4 Å². The highest BCUT2D eigenvalue weighted by molar-refractivity contribution is 6.31. The van der Waals surface area contributed by atoms with Gasteiger partial charge in [0.05, 0.1) is 18.9 Å². The summed E-state index contributed by atoms with van der Waals surface area (Å²) < 4.78 is 5.02. The molecule has 0 saturated carbocycles. The zero-order chi connectivity index (χ0) is 13.8. The number of nitrogens with zero attached hydrogens (tertiary/aromatic N) is 2. The van der Waals surface area contributed by atoms with Gasteiger partial charge in [0.1, 0.15) is 6.33 Å². The molecule has 100 valence electrons. The molecule has 0 fully saturated rings. The standard InChI is InChI=1S/C14H15ClN2O2/c1-9-3-4-10(5-12(9)15)13(18)6-11-7-14(19-2)17-8-16-11/h3-5,7-8,13,18H,6H2,1-2H3. The Labute approximate surface area is 117 Å². The molecule has 0 aliphatic rings. The molecule has 2 rings (SSSR count). The molecular weight excluding hydrogens is 264 g/mol. The molecule has 5 heteroatoms. The molecule has 0 bridgehead atoms. The van der Waals surface area contributed by atoms with Crippen molar-refractivity contribution in [2.75, 3.05) is 7.11 Å². The summed E-state index contributed by atoms with van der Waals surface area (Å²) in [6.07, 6.45) is 1.15. The first-order chi connectivity index (χ1) is 9.10. The SMILES string of the molecule is COc1cc(CC(O)c2ccc(C)c(Cl)c2)ncn1. The van der Waals surface area contributed by atoms with E-state index in [-0.39, 0.29) is 0 Å². The van der Waals surface area contributed by atoms with E-state index >= 15 is 0 Å². The van der Waals surface area contributed by atoms with Crippen LogP contribution in [-0.2, 0) is 6.42 Å². The molecule has 2 aromatic rings. The number of halogens is 1. The molecule has 1 unspecified atom stereocenters. The molecule has 0 saturated heterocycles. The summed E-state index contributed by atoms with van der Waals surface area (Å²) in [5.74, 6) is 0.485. The second-order valence-corrected chi connectivity index (χ2v) is 4.69. The fourth-order valence-corrected chi connectivity index (χ4v) is 1.92. The highest BCUT2D eigenvalue weighted by Crippen LogP contribution is 2.23. The quantitative estimate of drug-likeness (QED) is 0.934. The molecule has 0 radical (unpaired) electrons. The first-order valence-corrected chi connectivity index (χ1v) is 6.27. The zero-order valence-electron chi connectivity index (χ0n) is 10.8. The van der Waals surface area contributed by atoms with Gasteiger partial charge >= 0.3 is 0 Å². The molecule has 0 amide bonds. The first kappa shape index (κ1) is 13.8. The van der Waals surface area contributed by atoms with Crippen LogP contribution in [0.4, 0.5) is 0 Å². The van der Waals surface area contributed by atoms with Crippen LogP contribution in [0.15, 0.2) is 30.6 Å². The van der Waals surface area contributed by atoms with Gasteiger partial charge in [0.25, 0.3) is 0 Å². The van der Waals surface area contributed by atoms with E-state index in [0.29, 0.717) is 17.3 Å². The third kappa shape index (κ3) is 3.43. The van der Waals surface area contributed by atoms with Crippen LogP contribution in [-0.4, -0.2) is 22.2 Å². The molecule has 1 atom stereocenters. The Morgan fingerprint density at radius 1 is 1.32 bits per heavy atom. The Morgan fingerprint density at radius 2 is 2.11 bits per heavy atom. The number of aliphatic hydroxyl groups is 1. The minimum absolute atomic E-state index is 0.387. The van der Waals surface area contributed by atoms with Crippen LogP contribution in [0.5, 0.6) is 5.88 Å². The highest BCUT2D eigenvalue weighted by atomic mass is 35.5. The van der Waals surface area contributed by atoms with Crippen molar-refractivity contribution >= 4 is 11.6 Å². The van der Waals surface area contributed by atoms with Gasteiger partial charge in [-0.1, -0.05) is 23.7 Å². The summed E-state index contributed by atoms with van der Waals surface area (Å²) in [7, 11) is 1.54. The summed E-state index contributed by atoms with van der Waals surface area (Å²) in [6.45, 7) is 1.92. The number of rotatable bonds is 4. The maximum atomic E-state index is 10.2. The number of hydrogen-bond donors (Lipinski definition) is 1. The third-order valence-corrected chi connectivity index (χ3v) is 3.30. The van der Waals surface area contributed by atoms with Crippen molar-refractivity contribution in [3.8, 4) is 5.88 Å². The van der Waals surface area contributed by atoms with Gasteiger partial charge in [-0.2, -0.15) is 0 Å². The summed E-state index contributed by atoms with van der Waals surface area (Å²) in [4.78, 5) is 8.04. The van der Waals surface area contributed by atoms with E-state index in [2.05, 4.69) is 9.97 Å². The monoisotopic (exact) mass is 278 g/mol. The lowest BCUT2D eigenvalue weighted by Gasteiger charge is -2.12. The van der Waals surface area contributed by atoms with E-state index in [1.54, 1.807) is 19.2 Å². The van der Waals surface area contributed by atoms with Gasteiger partial charge in [-0.3, -0.25) is 0 Å². The second-order valence-electron chi connectivity index (χ2n) is 4.28. The summed E-state index contributed by atoms with van der Waals surface area (Å²) in [5.41, 5.74) is 2.48. The van der Waals surface area contributed by atoms with Crippen molar-refractivity contribution in [1.82, 2.24) is 9.97 Å². The number of aliphatic hydroxyl groups excluding tert-OH is 1. The largest absolute Gasteiger partial charge is 0.481 e. The van der Waals surface area contributed by atoms with Gasteiger partial charge in [-0.05, 0) is 24.1 Å². The van der Waals surface area contributed by atoms with Crippen molar-refractivity contribution in [3.05, 3.63) is 52.4 Å². The van der Waals surface area contributed by atoms with Gasteiger partial charge < -0.3 is 9.84 Å². The lowest BCUT2D eigenvalue weighted by atomic mass is 10.0. The minimum atomic E-state index is -0.655. The zero-order valence-corrected chi connectivity index (χ0v) is 11.6. The number of aromatic nitrogens is 2. The Hall–Kier alpha value is -1.65. The van der Waals surface area contributed by atoms with E-state index in [9.17, 15) is 5.11 Å². The average Bonchev–Trinajstić information content (AvgIpc) is 2.42. The van der Waals surface area contributed by atoms with E-state index in [4.69, 9.17) is 16.3 Å². The first-order valence-electron chi connectivity index (χ1n) is 5.89.